The number of piperazine rings is 1. The first-order valence-corrected chi connectivity index (χ1v) is 6.66. The Bertz CT molecular complexity index is 352. The van der Waals surface area contributed by atoms with Gasteiger partial charge in [0.05, 0.1) is 0 Å². The quantitative estimate of drug-likeness (QED) is 0.854. The number of likely N-dealkylation sites (N-methyl/N-ethyl adjacent to an activating group) is 1. The third kappa shape index (κ3) is 3.77. The lowest BCUT2D eigenvalue weighted by molar-refractivity contribution is 0.105. The predicted molar refractivity (Wildman–Crippen MR) is 74.5 cm³/mol. The van der Waals surface area contributed by atoms with Gasteiger partial charge < -0.3 is 10.2 Å². The zero-order valence-corrected chi connectivity index (χ0v) is 11.6. The van der Waals surface area contributed by atoms with E-state index in [0.29, 0.717) is 12.1 Å². The monoisotopic (exact) mass is 248 g/mol. The fourth-order valence-electron chi connectivity index (χ4n) is 2.55. The maximum atomic E-state index is 4.20. The molecule has 0 aliphatic carbocycles. The second-order valence-corrected chi connectivity index (χ2v) is 5.52. The van der Waals surface area contributed by atoms with Gasteiger partial charge in [-0.1, -0.05) is 6.07 Å². The summed E-state index contributed by atoms with van der Waals surface area (Å²) in [4.78, 5) is 9.03. The van der Waals surface area contributed by atoms with E-state index < -0.39 is 0 Å². The average molecular weight is 248 g/mol. The standard InChI is InChI=1S/C14H24N4/c1-12-9-18(10-13-5-4-6-15-7-13)14(8-16-12)11-17(2)3/h4-7,12,14,16H,8-11H2,1-3H3. The van der Waals surface area contributed by atoms with Crippen LogP contribution < -0.4 is 5.32 Å². The van der Waals surface area contributed by atoms with Gasteiger partial charge in [0.2, 0.25) is 0 Å². The zero-order chi connectivity index (χ0) is 13.0. The van der Waals surface area contributed by atoms with Crippen LogP contribution in [0.2, 0.25) is 0 Å². The summed E-state index contributed by atoms with van der Waals surface area (Å²) in [5.74, 6) is 0. The Hall–Kier alpha value is -0.970. The molecule has 2 heterocycles. The minimum atomic E-state index is 0.570. The molecule has 0 radical (unpaired) electrons. The summed E-state index contributed by atoms with van der Waals surface area (Å²) in [6.07, 6.45) is 3.81. The molecule has 18 heavy (non-hydrogen) atoms. The van der Waals surface area contributed by atoms with Gasteiger partial charge in [-0.3, -0.25) is 9.88 Å². The summed E-state index contributed by atoms with van der Waals surface area (Å²) in [6.45, 7) is 6.52. The van der Waals surface area contributed by atoms with Crippen LogP contribution >= 0.6 is 0 Å². The topological polar surface area (TPSA) is 31.4 Å². The zero-order valence-electron chi connectivity index (χ0n) is 11.6. The second-order valence-electron chi connectivity index (χ2n) is 5.52. The molecule has 100 valence electrons. The lowest BCUT2D eigenvalue weighted by atomic mass is 10.1. The third-order valence-electron chi connectivity index (χ3n) is 3.41. The highest BCUT2D eigenvalue weighted by atomic mass is 15.3. The molecule has 1 fully saturated rings. The van der Waals surface area contributed by atoms with Crippen molar-refractivity contribution in [2.24, 2.45) is 0 Å². The molecular weight excluding hydrogens is 224 g/mol. The van der Waals surface area contributed by atoms with Crippen molar-refractivity contribution in [2.75, 3.05) is 33.7 Å². The van der Waals surface area contributed by atoms with Gasteiger partial charge in [-0.05, 0) is 32.6 Å². The Kier molecular flexibility index (Phi) is 4.69. The largest absolute Gasteiger partial charge is 0.311 e. The van der Waals surface area contributed by atoms with E-state index in [1.54, 1.807) is 0 Å². The number of rotatable bonds is 4. The summed E-state index contributed by atoms with van der Waals surface area (Å²) in [6, 6.07) is 5.32. The van der Waals surface area contributed by atoms with Crippen LogP contribution in [0.3, 0.4) is 0 Å². The third-order valence-corrected chi connectivity index (χ3v) is 3.41. The van der Waals surface area contributed by atoms with Crippen molar-refractivity contribution in [3.8, 4) is 0 Å². The van der Waals surface area contributed by atoms with E-state index in [0.717, 1.165) is 26.2 Å². The average Bonchev–Trinajstić information content (AvgIpc) is 2.33. The van der Waals surface area contributed by atoms with Crippen LogP contribution in [0, 0.1) is 0 Å². The number of nitrogens with zero attached hydrogens (tertiary/aromatic N) is 3. The molecule has 1 aromatic rings. The molecule has 4 heteroatoms. The molecule has 0 bridgehead atoms. The summed E-state index contributed by atoms with van der Waals surface area (Å²) in [5.41, 5.74) is 1.30. The summed E-state index contributed by atoms with van der Waals surface area (Å²) < 4.78 is 0. The molecule has 1 aromatic heterocycles. The molecule has 1 saturated heterocycles. The molecule has 1 N–H and O–H groups in total. The van der Waals surface area contributed by atoms with Crippen molar-refractivity contribution >= 4 is 0 Å². The van der Waals surface area contributed by atoms with E-state index in [4.69, 9.17) is 0 Å². The van der Waals surface area contributed by atoms with Crippen molar-refractivity contribution in [1.82, 2.24) is 20.1 Å². The molecule has 0 aromatic carbocycles. The van der Waals surface area contributed by atoms with Crippen LogP contribution in [-0.4, -0.2) is 60.6 Å². The fraction of sp³-hybridized carbons (Fsp3) is 0.643. The van der Waals surface area contributed by atoms with E-state index >= 15 is 0 Å². The molecule has 1 aliphatic heterocycles. The number of hydrogen-bond acceptors (Lipinski definition) is 4. The fourth-order valence-corrected chi connectivity index (χ4v) is 2.55. The number of aromatic nitrogens is 1. The van der Waals surface area contributed by atoms with Gasteiger partial charge in [0.1, 0.15) is 0 Å². The smallest absolute Gasteiger partial charge is 0.0351 e. The minimum absolute atomic E-state index is 0.570. The molecule has 4 nitrogen and oxygen atoms in total. The summed E-state index contributed by atoms with van der Waals surface area (Å²) in [5, 5.41) is 3.57. The van der Waals surface area contributed by atoms with E-state index in [1.807, 2.05) is 18.5 Å². The Labute approximate surface area is 110 Å². The summed E-state index contributed by atoms with van der Waals surface area (Å²) >= 11 is 0. The first-order valence-electron chi connectivity index (χ1n) is 6.66. The number of hydrogen-bond donors (Lipinski definition) is 1. The van der Waals surface area contributed by atoms with Crippen LogP contribution in [0.15, 0.2) is 24.5 Å². The van der Waals surface area contributed by atoms with Crippen LogP contribution in [0.5, 0.6) is 0 Å². The Morgan fingerprint density at radius 1 is 1.50 bits per heavy atom. The SMILES string of the molecule is CC1CN(Cc2cccnc2)C(CN(C)C)CN1. The molecular formula is C14H24N4. The minimum Gasteiger partial charge on any atom is -0.311 e. The molecule has 0 spiro atoms. The Morgan fingerprint density at radius 2 is 2.33 bits per heavy atom. The van der Waals surface area contributed by atoms with E-state index in [1.165, 1.54) is 5.56 Å². The van der Waals surface area contributed by atoms with Gasteiger partial charge in [0, 0.05) is 50.7 Å². The molecule has 2 atom stereocenters. The van der Waals surface area contributed by atoms with Crippen LogP contribution in [0.25, 0.3) is 0 Å². The molecule has 0 saturated carbocycles. The second kappa shape index (κ2) is 6.27. The van der Waals surface area contributed by atoms with Gasteiger partial charge in [-0.25, -0.2) is 0 Å². The Balaban J connectivity index is 2.01. The Morgan fingerprint density at radius 3 is 3.00 bits per heavy atom. The maximum Gasteiger partial charge on any atom is 0.0351 e. The molecule has 2 rings (SSSR count). The highest BCUT2D eigenvalue weighted by Crippen LogP contribution is 2.12. The van der Waals surface area contributed by atoms with Gasteiger partial charge in [-0.15, -0.1) is 0 Å². The first kappa shape index (κ1) is 13.5. The van der Waals surface area contributed by atoms with Crippen molar-refractivity contribution in [3.05, 3.63) is 30.1 Å². The van der Waals surface area contributed by atoms with Crippen molar-refractivity contribution < 1.29 is 0 Å². The van der Waals surface area contributed by atoms with Gasteiger partial charge in [0.25, 0.3) is 0 Å². The lowest BCUT2D eigenvalue weighted by Gasteiger charge is -2.40. The van der Waals surface area contributed by atoms with Crippen molar-refractivity contribution in [3.63, 3.8) is 0 Å². The molecule has 2 unspecified atom stereocenters. The summed E-state index contributed by atoms with van der Waals surface area (Å²) in [7, 11) is 4.28. The maximum absolute atomic E-state index is 4.20. The van der Waals surface area contributed by atoms with Crippen molar-refractivity contribution in [2.45, 2.75) is 25.6 Å². The molecule has 1 aliphatic rings. The number of nitrogens with one attached hydrogen (secondary N) is 1. The highest BCUT2D eigenvalue weighted by molar-refractivity contribution is 5.09. The highest BCUT2D eigenvalue weighted by Gasteiger charge is 2.25. The van der Waals surface area contributed by atoms with E-state index in [2.05, 4.69) is 47.2 Å². The van der Waals surface area contributed by atoms with E-state index in [-0.39, 0.29) is 0 Å². The van der Waals surface area contributed by atoms with Crippen LogP contribution in [-0.2, 0) is 6.54 Å². The van der Waals surface area contributed by atoms with E-state index in [9.17, 15) is 0 Å². The van der Waals surface area contributed by atoms with Gasteiger partial charge in [0.15, 0.2) is 0 Å². The number of pyridine rings is 1. The van der Waals surface area contributed by atoms with Crippen LogP contribution in [0.1, 0.15) is 12.5 Å². The van der Waals surface area contributed by atoms with Crippen molar-refractivity contribution in [1.29, 1.82) is 0 Å². The normalized spacial score (nSPS) is 25.6. The van der Waals surface area contributed by atoms with Gasteiger partial charge >= 0.3 is 0 Å². The predicted octanol–water partition coefficient (Wildman–Crippen LogP) is 0.805. The first-order chi connectivity index (χ1) is 8.65. The van der Waals surface area contributed by atoms with Crippen LogP contribution in [0.4, 0.5) is 0 Å². The van der Waals surface area contributed by atoms with Gasteiger partial charge in [-0.2, -0.15) is 0 Å². The lowest BCUT2D eigenvalue weighted by Crippen LogP contribution is -2.57. The molecule has 0 amide bonds.